The highest BCUT2D eigenvalue weighted by atomic mass is 35.5. The Bertz CT molecular complexity index is 458. The molecule has 0 heterocycles. The molecule has 4 heteroatoms. The van der Waals surface area contributed by atoms with E-state index in [9.17, 15) is 4.21 Å². The van der Waals surface area contributed by atoms with Crippen LogP contribution >= 0.6 is 11.6 Å². The van der Waals surface area contributed by atoms with E-state index < -0.39 is 10.8 Å². The molecule has 1 aromatic rings. The molecule has 3 unspecified atom stereocenters. The molecule has 0 aliphatic heterocycles. The van der Waals surface area contributed by atoms with Crippen molar-refractivity contribution < 1.29 is 4.21 Å². The summed E-state index contributed by atoms with van der Waals surface area (Å²) in [5, 5.41) is 4.41. The largest absolute Gasteiger partial charge is 0.313 e. The van der Waals surface area contributed by atoms with E-state index in [4.69, 9.17) is 11.6 Å². The van der Waals surface area contributed by atoms with Crippen molar-refractivity contribution in [3.63, 3.8) is 0 Å². The van der Waals surface area contributed by atoms with Gasteiger partial charge in [-0.2, -0.15) is 0 Å². The molecule has 0 bridgehead atoms. The van der Waals surface area contributed by atoms with Crippen LogP contribution in [0.4, 0.5) is 0 Å². The Morgan fingerprint density at radius 2 is 2.00 bits per heavy atom. The predicted molar refractivity (Wildman–Crippen MR) is 82.1 cm³/mol. The lowest BCUT2D eigenvalue weighted by molar-refractivity contribution is 0.289. The molecule has 1 saturated carbocycles. The summed E-state index contributed by atoms with van der Waals surface area (Å²) in [6.07, 6.45) is 2.13. The molecule has 0 amide bonds. The van der Waals surface area contributed by atoms with E-state index in [-0.39, 0.29) is 10.7 Å². The Kier molecular flexibility index (Phi) is 4.70. The third-order valence-electron chi connectivity index (χ3n) is 4.03. The lowest BCUT2D eigenvalue weighted by Crippen LogP contribution is -2.45. The molecular formula is C15H22ClNOS. The van der Waals surface area contributed by atoms with Crippen LogP contribution in [0.25, 0.3) is 0 Å². The first kappa shape index (κ1) is 15.0. The van der Waals surface area contributed by atoms with E-state index in [0.717, 1.165) is 24.3 Å². The Hall–Kier alpha value is -0.380. The van der Waals surface area contributed by atoms with Crippen LogP contribution < -0.4 is 5.32 Å². The molecule has 106 valence electrons. The van der Waals surface area contributed by atoms with E-state index >= 15 is 0 Å². The third-order valence-corrected chi connectivity index (χ3v) is 6.08. The van der Waals surface area contributed by atoms with Crippen LogP contribution in [-0.4, -0.2) is 22.0 Å². The van der Waals surface area contributed by atoms with E-state index in [1.165, 1.54) is 0 Å². The fourth-order valence-corrected chi connectivity index (χ4v) is 4.87. The van der Waals surface area contributed by atoms with Crippen LogP contribution in [0.2, 0.25) is 5.02 Å². The van der Waals surface area contributed by atoms with Crippen LogP contribution in [0.3, 0.4) is 0 Å². The van der Waals surface area contributed by atoms with Crippen molar-refractivity contribution in [1.82, 2.24) is 5.32 Å². The minimum Gasteiger partial charge on any atom is -0.313 e. The number of benzene rings is 1. The zero-order chi connectivity index (χ0) is 14.0. The number of hydrogen-bond acceptors (Lipinski definition) is 2. The zero-order valence-corrected chi connectivity index (χ0v) is 13.4. The summed E-state index contributed by atoms with van der Waals surface area (Å²) in [6, 6.07) is 7.71. The van der Waals surface area contributed by atoms with Gasteiger partial charge in [-0.1, -0.05) is 32.4 Å². The second-order valence-electron chi connectivity index (χ2n) is 5.85. The molecule has 19 heavy (non-hydrogen) atoms. The van der Waals surface area contributed by atoms with Crippen LogP contribution in [0.15, 0.2) is 29.2 Å². The van der Waals surface area contributed by atoms with Crippen LogP contribution in [0.1, 0.15) is 33.6 Å². The van der Waals surface area contributed by atoms with Gasteiger partial charge in [0, 0.05) is 16.0 Å². The van der Waals surface area contributed by atoms with Crippen LogP contribution in [-0.2, 0) is 10.8 Å². The first-order valence-electron chi connectivity index (χ1n) is 6.85. The first-order chi connectivity index (χ1) is 8.95. The molecule has 1 aromatic carbocycles. The van der Waals surface area contributed by atoms with Gasteiger partial charge in [-0.05, 0) is 49.1 Å². The van der Waals surface area contributed by atoms with Gasteiger partial charge in [0.25, 0.3) is 0 Å². The summed E-state index contributed by atoms with van der Waals surface area (Å²) in [4.78, 5) is 0.884. The summed E-state index contributed by atoms with van der Waals surface area (Å²) in [5.41, 5.74) is 0.211. The van der Waals surface area contributed by atoms with Crippen LogP contribution in [0, 0.1) is 5.41 Å². The van der Waals surface area contributed by atoms with Crippen LogP contribution in [0.5, 0.6) is 0 Å². The average molecular weight is 300 g/mol. The smallest absolute Gasteiger partial charge is 0.0576 e. The number of hydrogen-bond donors (Lipinski definition) is 1. The third kappa shape index (κ3) is 3.21. The van der Waals surface area contributed by atoms with Crippen molar-refractivity contribution in [3.8, 4) is 0 Å². The fraction of sp³-hybridized carbons (Fsp3) is 0.600. The maximum absolute atomic E-state index is 12.8. The highest BCUT2D eigenvalue weighted by Gasteiger charge is 2.44. The van der Waals surface area contributed by atoms with Crippen molar-refractivity contribution in [2.75, 3.05) is 6.54 Å². The van der Waals surface area contributed by atoms with Crippen molar-refractivity contribution >= 4 is 22.4 Å². The van der Waals surface area contributed by atoms with Gasteiger partial charge >= 0.3 is 0 Å². The molecule has 0 aromatic heterocycles. The Labute approximate surface area is 123 Å². The Morgan fingerprint density at radius 1 is 1.37 bits per heavy atom. The highest BCUT2D eigenvalue weighted by molar-refractivity contribution is 7.85. The lowest BCUT2D eigenvalue weighted by atomic mass is 9.87. The maximum Gasteiger partial charge on any atom is 0.0576 e. The molecule has 2 nitrogen and oxygen atoms in total. The van der Waals surface area contributed by atoms with Crippen molar-refractivity contribution in [2.24, 2.45) is 5.41 Å². The Balaban J connectivity index is 2.21. The molecule has 0 spiro atoms. The summed E-state index contributed by atoms with van der Waals surface area (Å²) < 4.78 is 12.8. The minimum atomic E-state index is -0.966. The van der Waals surface area contributed by atoms with E-state index in [2.05, 4.69) is 26.1 Å². The zero-order valence-electron chi connectivity index (χ0n) is 11.8. The number of rotatable bonds is 4. The molecule has 1 N–H and O–H groups in total. The number of nitrogens with one attached hydrogen (secondary N) is 1. The standard InChI is InChI=1S/C15H22ClNOS/c1-4-17-14-13(9-10-15(14,2)3)19(18)12-7-5-11(16)6-8-12/h5-8,13-14,17H,4,9-10H2,1-3H3. The van der Waals surface area contributed by atoms with Gasteiger partial charge in [-0.15, -0.1) is 0 Å². The molecule has 0 radical (unpaired) electrons. The van der Waals surface area contributed by atoms with Gasteiger partial charge in [-0.3, -0.25) is 4.21 Å². The molecule has 2 rings (SSSR count). The topological polar surface area (TPSA) is 29.1 Å². The van der Waals surface area contributed by atoms with Gasteiger partial charge < -0.3 is 5.32 Å². The lowest BCUT2D eigenvalue weighted by Gasteiger charge is -2.31. The van der Waals surface area contributed by atoms with Gasteiger partial charge in [0.2, 0.25) is 0 Å². The summed E-state index contributed by atoms with van der Waals surface area (Å²) in [6.45, 7) is 7.55. The molecule has 3 atom stereocenters. The minimum absolute atomic E-state index is 0.191. The monoisotopic (exact) mass is 299 g/mol. The molecule has 1 aliphatic carbocycles. The van der Waals surface area contributed by atoms with Crippen molar-refractivity contribution in [1.29, 1.82) is 0 Å². The Morgan fingerprint density at radius 3 is 2.58 bits per heavy atom. The number of halogens is 1. The second kappa shape index (κ2) is 5.94. The highest BCUT2D eigenvalue weighted by Crippen LogP contribution is 2.41. The van der Waals surface area contributed by atoms with E-state index in [1.807, 2.05) is 24.3 Å². The predicted octanol–water partition coefficient (Wildman–Crippen LogP) is 3.61. The molecular weight excluding hydrogens is 278 g/mol. The van der Waals surface area contributed by atoms with Gasteiger partial charge in [0.05, 0.1) is 16.0 Å². The summed E-state index contributed by atoms with van der Waals surface area (Å²) in [7, 11) is -0.966. The SMILES string of the molecule is CCNC1C(S(=O)c2ccc(Cl)cc2)CCC1(C)C. The second-order valence-corrected chi connectivity index (χ2v) is 7.96. The summed E-state index contributed by atoms with van der Waals surface area (Å²) >= 11 is 5.89. The molecule has 0 saturated heterocycles. The molecule has 1 aliphatic rings. The normalized spacial score (nSPS) is 27.4. The average Bonchev–Trinajstić information content (AvgIpc) is 2.66. The van der Waals surface area contributed by atoms with E-state index in [1.54, 1.807) is 0 Å². The van der Waals surface area contributed by atoms with Gasteiger partial charge in [-0.25, -0.2) is 0 Å². The maximum atomic E-state index is 12.8. The summed E-state index contributed by atoms with van der Waals surface area (Å²) in [5.74, 6) is 0. The quantitative estimate of drug-likeness (QED) is 0.920. The van der Waals surface area contributed by atoms with Crippen molar-refractivity contribution in [3.05, 3.63) is 29.3 Å². The van der Waals surface area contributed by atoms with Gasteiger partial charge in [0.1, 0.15) is 0 Å². The van der Waals surface area contributed by atoms with Gasteiger partial charge in [0.15, 0.2) is 0 Å². The first-order valence-corrected chi connectivity index (χ1v) is 8.44. The fourth-order valence-electron chi connectivity index (χ4n) is 2.94. The molecule has 1 fully saturated rings. The van der Waals surface area contributed by atoms with E-state index in [0.29, 0.717) is 11.1 Å². The van der Waals surface area contributed by atoms with Crippen molar-refractivity contribution in [2.45, 2.75) is 49.8 Å².